The molecule has 0 radical (unpaired) electrons. The second-order valence-electron chi connectivity index (χ2n) is 6.47. The number of hydrogen-bond acceptors (Lipinski definition) is 2. The first kappa shape index (κ1) is 14.6. The summed E-state index contributed by atoms with van der Waals surface area (Å²) in [6, 6.07) is 5.98. The maximum absolute atomic E-state index is 12.1. The molecular weight excluding hydrogens is 262 g/mol. The van der Waals surface area contributed by atoms with E-state index in [1.54, 1.807) is 0 Å². The third-order valence-corrected chi connectivity index (χ3v) is 4.97. The van der Waals surface area contributed by atoms with Crippen molar-refractivity contribution in [2.75, 3.05) is 6.54 Å². The Kier molecular flexibility index (Phi) is 4.59. The fraction of sp³-hybridized carbons (Fsp3) is 0.611. The Balaban J connectivity index is 1.83. The second-order valence-corrected chi connectivity index (χ2v) is 6.47. The van der Waals surface area contributed by atoms with Crippen molar-refractivity contribution in [1.29, 1.82) is 0 Å². The SMILES string of the molecule is O=C1NCCCc2ccc(C(O)C3CCCCCC3)cc21. The van der Waals surface area contributed by atoms with E-state index in [1.165, 1.54) is 25.7 Å². The molecule has 1 heterocycles. The summed E-state index contributed by atoms with van der Waals surface area (Å²) < 4.78 is 0. The molecule has 3 rings (SSSR count). The van der Waals surface area contributed by atoms with Crippen molar-refractivity contribution in [2.45, 2.75) is 57.5 Å². The smallest absolute Gasteiger partial charge is 0.251 e. The van der Waals surface area contributed by atoms with Gasteiger partial charge in [0.1, 0.15) is 0 Å². The Morgan fingerprint density at radius 2 is 1.86 bits per heavy atom. The van der Waals surface area contributed by atoms with E-state index in [2.05, 4.69) is 5.32 Å². The fourth-order valence-corrected chi connectivity index (χ4v) is 3.68. The van der Waals surface area contributed by atoms with Gasteiger partial charge >= 0.3 is 0 Å². The summed E-state index contributed by atoms with van der Waals surface area (Å²) in [6.07, 6.45) is 8.71. The van der Waals surface area contributed by atoms with Crippen molar-refractivity contribution in [3.63, 3.8) is 0 Å². The minimum atomic E-state index is -0.426. The van der Waals surface area contributed by atoms with Crippen molar-refractivity contribution in [2.24, 2.45) is 5.92 Å². The van der Waals surface area contributed by atoms with E-state index < -0.39 is 6.10 Å². The van der Waals surface area contributed by atoms with Crippen LogP contribution in [0.2, 0.25) is 0 Å². The lowest BCUT2D eigenvalue weighted by atomic mass is 9.88. The average molecular weight is 287 g/mol. The monoisotopic (exact) mass is 287 g/mol. The highest BCUT2D eigenvalue weighted by atomic mass is 16.3. The van der Waals surface area contributed by atoms with Gasteiger partial charge in [0, 0.05) is 12.1 Å². The molecule has 114 valence electrons. The lowest BCUT2D eigenvalue weighted by molar-refractivity contribution is 0.0948. The van der Waals surface area contributed by atoms with Crippen molar-refractivity contribution < 1.29 is 9.90 Å². The number of aliphatic hydroxyl groups excluding tert-OH is 1. The zero-order valence-corrected chi connectivity index (χ0v) is 12.6. The van der Waals surface area contributed by atoms with Crippen LogP contribution in [0, 0.1) is 5.92 Å². The molecule has 1 saturated carbocycles. The van der Waals surface area contributed by atoms with E-state index >= 15 is 0 Å². The Morgan fingerprint density at radius 3 is 2.62 bits per heavy atom. The van der Waals surface area contributed by atoms with E-state index in [4.69, 9.17) is 0 Å². The molecule has 1 aliphatic heterocycles. The molecule has 1 atom stereocenters. The van der Waals surface area contributed by atoms with Gasteiger partial charge < -0.3 is 10.4 Å². The third-order valence-electron chi connectivity index (χ3n) is 4.97. The zero-order valence-electron chi connectivity index (χ0n) is 12.6. The van der Waals surface area contributed by atoms with Crippen LogP contribution in [0.25, 0.3) is 0 Å². The zero-order chi connectivity index (χ0) is 14.7. The maximum Gasteiger partial charge on any atom is 0.251 e. The average Bonchev–Trinajstić information content (AvgIpc) is 2.88. The molecule has 1 aromatic rings. The van der Waals surface area contributed by atoms with Gasteiger partial charge in [-0.3, -0.25) is 4.79 Å². The largest absolute Gasteiger partial charge is 0.388 e. The van der Waals surface area contributed by atoms with Crippen LogP contribution in [0.3, 0.4) is 0 Å². The van der Waals surface area contributed by atoms with Gasteiger partial charge in [-0.1, -0.05) is 37.8 Å². The first-order valence-corrected chi connectivity index (χ1v) is 8.35. The molecule has 3 nitrogen and oxygen atoms in total. The molecule has 0 saturated heterocycles. The van der Waals surface area contributed by atoms with E-state index in [9.17, 15) is 9.90 Å². The number of carbonyl (C=O) groups excluding carboxylic acids is 1. The molecule has 1 aromatic carbocycles. The number of hydrogen-bond donors (Lipinski definition) is 2. The molecule has 3 heteroatoms. The van der Waals surface area contributed by atoms with E-state index in [1.807, 2.05) is 18.2 Å². The minimum absolute atomic E-state index is 0.0115. The summed E-state index contributed by atoms with van der Waals surface area (Å²) in [5.41, 5.74) is 2.79. The molecule has 0 bridgehead atoms. The van der Waals surface area contributed by atoms with Crippen LogP contribution in [0.15, 0.2) is 18.2 Å². The molecule has 21 heavy (non-hydrogen) atoms. The molecule has 2 aliphatic rings. The van der Waals surface area contributed by atoms with Gasteiger partial charge in [-0.2, -0.15) is 0 Å². The van der Waals surface area contributed by atoms with Crippen molar-refractivity contribution in [3.8, 4) is 0 Å². The minimum Gasteiger partial charge on any atom is -0.388 e. The van der Waals surface area contributed by atoms with Crippen LogP contribution >= 0.6 is 0 Å². The van der Waals surface area contributed by atoms with Gasteiger partial charge in [0.2, 0.25) is 0 Å². The Labute approximate surface area is 126 Å². The summed E-state index contributed by atoms with van der Waals surface area (Å²) >= 11 is 0. The maximum atomic E-state index is 12.1. The summed E-state index contributed by atoms with van der Waals surface area (Å²) in [6.45, 7) is 0.744. The number of aliphatic hydroxyl groups is 1. The number of fused-ring (bicyclic) bond motifs is 1. The van der Waals surface area contributed by atoms with Crippen LogP contribution in [0.4, 0.5) is 0 Å². The highest BCUT2D eigenvalue weighted by Gasteiger charge is 2.24. The number of benzene rings is 1. The molecule has 1 fully saturated rings. The lowest BCUT2D eigenvalue weighted by Gasteiger charge is -2.22. The van der Waals surface area contributed by atoms with Gasteiger partial charge in [-0.25, -0.2) is 0 Å². The van der Waals surface area contributed by atoms with E-state index in [0.717, 1.165) is 48.9 Å². The van der Waals surface area contributed by atoms with E-state index in [-0.39, 0.29) is 5.91 Å². The van der Waals surface area contributed by atoms with Crippen LogP contribution < -0.4 is 5.32 Å². The summed E-state index contributed by atoms with van der Waals surface area (Å²) in [5, 5.41) is 13.6. The predicted molar refractivity (Wildman–Crippen MR) is 83.2 cm³/mol. The van der Waals surface area contributed by atoms with Crippen LogP contribution in [0.1, 0.15) is 72.5 Å². The molecule has 0 spiro atoms. The quantitative estimate of drug-likeness (QED) is 0.819. The van der Waals surface area contributed by atoms with Crippen molar-refractivity contribution in [1.82, 2.24) is 5.32 Å². The second kappa shape index (κ2) is 6.61. The third kappa shape index (κ3) is 3.29. The van der Waals surface area contributed by atoms with Gasteiger partial charge in [0.05, 0.1) is 6.10 Å². The molecule has 1 unspecified atom stereocenters. The lowest BCUT2D eigenvalue weighted by Crippen LogP contribution is -2.23. The van der Waals surface area contributed by atoms with Crippen LogP contribution in [-0.4, -0.2) is 17.6 Å². The van der Waals surface area contributed by atoms with Gasteiger partial charge in [-0.15, -0.1) is 0 Å². The van der Waals surface area contributed by atoms with Crippen molar-refractivity contribution >= 4 is 5.91 Å². The number of amides is 1. The Hall–Kier alpha value is -1.35. The van der Waals surface area contributed by atoms with Gasteiger partial charge in [-0.05, 0) is 48.8 Å². The molecule has 0 aromatic heterocycles. The molecular formula is C18H25NO2. The Morgan fingerprint density at radius 1 is 1.10 bits per heavy atom. The summed E-state index contributed by atoms with van der Waals surface area (Å²) in [5.74, 6) is 0.358. The topological polar surface area (TPSA) is 49.3 Å². The molecule has 1 amide bonds. The number of aryl methyl sites for hydroxylation is 1. The standard InChI is InChI=1S/C18H25NO2/c20-17(14-6-3-1-2-4-7-14)15-10-9-13-8-5-11-19-18(21)16(13)12-15/h9-10,12,14,17,20H,1-8,11H2,(H,19,21). The normalized spacial score (nSPS) is 21.9. The molecule has 1 aliphatic carbocycles. The summed E-state index contributed by atoms with van der Waals surface area (Å²) in [7, 11) is 0. The highest BCUT2D eigenvalue weighted by molar-refractivity contribution is 5.96. The van der Waals surface area contributed by atoms with Gasteiger partial charge in [0.15, 0.2) is 0 Å². The molecule has 2 N–H and O–H groups in total. The fourth-order valence-electron chi connectivity index (χ4n) is 3.68. The number of nitrogens with one attached hydrogen (secondary N) is 1. The Bertz CT molecular complexity index is 504. The first-order valence-electron chi connectivity index (χ1n) is 8.35. The van der Waals surface area contributed by atoms with Gasteiger partial charge in [0.25, 0.3) is 5.91 Å². The summed E-state index contributed by atoms with van der Waals surface area (Å²) in [4.78, 5) is 12.1. The van der Waals surface area contributed by atoms with Crippen LogP contribution in [0.5, 0.6) is 0 Å². The predicted octanol–water partition coefficient (Wildman–Crippen LogP) is 3.37. The van der Waals surface area contributed by atoms with Crippen LogP contribution in [-0.2, 0) is 6.42 Å². The number of rotatable bonds is 2. The van der Waals surface area contributed by atoms with E-state index in [0.29, 0.717) is 5.92 Å². The highest BCUT2D eigenvalue weighted by Crippen LogP contribution is 2.34. The number of carbonyl (C=O) groups is 1. The first-order chi connectivity index (χ1) is 10.3. The van der Waals surface area contributed by atoms with Crippen molar-refractivity contribution in [3.05, 3.63) is 34.9 Å².